The van der Waals surface area contributed by atoms with E-state index in [1.165, 1.54) is 12.1 Å². The molecule has 0 saturated heterocycles. The van der Waals surface area contributed by atoms with Crippen molar-refractivity contribution in [2.45, 2.75) is 40.3 Å². The molecule has 0 aliphatic rings. The minimum absolute atomic E-state index is 0.197. The third-order valence-corrected chi connectivity index (χ3v) is 6.19. The van der Waals surface area contributed by atoms with Gasteiger partial charge in [-0.05, 0) is 63.6 Å². The molecule has 6 nitrogen and oxygen atoms in total. The number of nitrogens with zero attached hydrogens (tertiary/aromatic N) is 4. The van der Waals surface area contributed by atoms with E-state index in [0.717, 1.165) is 28.2 Å². The Morgan fingerprint density at radius 1 is 1.09 bits per heavy atom. The fourth-order valence-corrected chi connectivity index (χ4v) is 4.20. The summed E-state index contributed by atoms with van der Waals surface area (Å²) in [5.74, 6) is -0.498. The van der Waals surface area contributed by atoms with Gasteiger partial charge in [0.15, 0.2) is 0 Å². The molecule has 1 unspecified atom stereocenters. The van der Waals surface area contributed by atoms with Gasteiger partial charge < -0.3 is 5.32 Å². The Morgan fingerprint density at radius 3 is 2.48 bits per heavy atom. The number of carbonyl (C=O) groups is 1. The molecule has 1 N–H and O–H groups in total. The van der Waals surface area contributed by atoms with Crippen LogP contribution in [-0.2, 0) is 6.54 Å². The molecule has 4 rings (SSSR count). The van der Waals surface area contributed by atoms with Gasteiger partial charge in [-0.1, -0.05) is 29.8 Å². The largest absolute Gasteiger partial charge is 0.345 e. The van der Waals surface area contributed by atoms with Crippen LogP contribution < -0.4 is 5.32 Å². The van der Waals surface area contributed by atoms with Gasteiger partial charge in [-0.2, -0.15) is 10.2 Å². The molecule has 33 heavy (non-hydrogen) atoms. The molecular weight excluding hydrogens is 441 g/mol. The van der Waals surface area contributed by atoms with E-state index < -0.39 is 0 Å². The minimum atomic E-state index is -0.301. The molecule has 8 heteroatoms. The number of halogens is 2. The summed E-state index contributed by atoms with van der Waals surface area (Å²) in [6.07, 6.45) is 1.73. The Morgan fingerprint density at radius 2 is 1.79 bits per heavy atom. The van der Waals surface area contributed by atoms with E-state index in [2.05, 4.69) is 15.5 Å². The lowest BCUT2D eigenvalue weighted by molar-refractivity contribution is 0.0938. The molecule has 1 amide bonds. The maximum absolute atomic E-state index is 13.3. The van der Waals surface area contributed by atoms with Gasteiger partial charge >= 0.3 is 0 Å². The van der Waals surface area contributed by atoms with E-state index in [1.54, 1.807) is 27.7 Å². The molecule has 170 valence electrons. The lowest BCUT2D eigenvalue weighted by atomic mass is 10.1. The van der Waals surface area contributed by atoms with Crippen molar-refractivity contribution in [3.63, 3.8) is 0 Å². The van der Waals surface area contributed by atoms with Gasteiger partial charge in [0.1, 0.15) is 5.82 Å². The van der Waals surface area contributed by atoms with Crippen molar-refractivity contribution in [1.82, 2.24) is 24.9 Å². The first-order valence-corrected chi connectivity index (χ1v) is 11.0. The highest BCUT2D eigenvalue weighted by Gasteiger charge is 2.22. The van der Waals surface area contributed by atoms with E-state index in [-0.39, 0.29) is 17.8 Å². The van der Waals surface area contributed by atoms with E-state index in [1.807, 2.05) is 52.0 Å². The SMILES string of the molecule is Cc1nn(Cc2ccccc2Cl)c(C)c1C(=O)NC(C)c1cnn(-c2ccc(F)cc2)c1C. The molecular formula is C25H25ClFN5O. The van der Waals surface area contributed by atoms with E-state index >= 15 is 0 Å². The van der Waals surface area contributed by atoms with Gasteiger partial charge in [-0.3, -0.25) is 9.48 Å². The van der Waals surface area contributed by atoms with Gasteiger partial charge in [-0.15, -0.1) is 0 Å². The first-order valence-electron chi connectivity index (χ1n) is 10.6. The molecule has 0 fully saturated rings. The summed E-state index contributed by atoms with van der Waals surface area (Å²) in [5, 5.41) is 12.7. The van der Waals surface area contributed by atoms with Crippen LogP contribution >= 0.6 is 11.6 Å². The van der Waals surface area contributed by atoms with E-state index in [0.29, 0.717) is 22.8 Å². The van der Waals surface area contributed by atoms with Gasteiger partial charge in [0, 0.05) is 22.0 Å². The number of hydrogen-bond acceptors (Lipinski definition) is 3. The molecule has 0 saturated carbocycles. The normalized spacial score (nSPS) is 12.1. The summed E-state index contributed by atoms with van der Waals surface area (Å²) in [6, 6.07) is 13.4. The van der Waals surface area contributed by atoms with Crippen LogP contribution in [0, 0.1) is 26.6 Å². The first kappa shape index (κ1) is 22.7. The van der Waals surface area contributed by atoms with Crippen molar-refractivity contribution < 1.29 is 9.18 Å². The maximum Gasteiger partial charge on any atom is 0.255 e. The molecule has 0 spiro atoms. The van der Waals surface area contributed by atoms with Crippen LogP contribution in [0.25, 0.3) is 5.69 Å². The average Bonchev–Trinajstić information content (AvgIpc) is 3.29. The third-order valence-electron chi connectivity index (χ3n) is 5.82. The van der Waals surface area contributed by atoms with Crippen LogP contribution in [0.4, 0.5) is 4.39 Å². The smallest absolute Gasteiger partial charge is 0.255 e. The Bertz CT molecular complexity index is 1310. The summed E-state index contributed by atoms with van der Waals surface area (Å²) >= 11 is 6.29. The topological polar surface area (TPSA) is 64.7 Å². The number of benzene rings is 2. The summed E-state index contributed by atoms with van der Waals surface area (Å²) in [7, 11) is 0. The zero-order valence-electron chi connectivity index (χ0n) is 18.9. The van der Waals surface area contributed by atoms with Gasteiger partial charge in [0.25, 0.3) is 5.91 Å². The molecule has 2 aromatic carbocycles. The van der Waals surface area contributed by atoms with Crippen molar-refractivity contribution in [2.24, 2.45) is 0 Å². The van der Waals surface area contributed by atoms with Crippen LogP contribution in [0.5, 0.6) is 0 Å². The van der Waals surface area contributed by atoms with Crippen LogP contribution in [0.1, 0.15) is 51.5 Å². The average molecular weight is 466 g/mol. The predicted molar refractivity (Wildman–Crippen MR) is 126 cm³/mol. The summed E-state index contributed by atoms with van der Waals surface area (Å²) in [5.41, 5.74) is 5.43. The number of amides is 1. The predicted octanol–water partition coefficient (Wildman–Crippen LogP) is 5.33. The van der Waals surface area contributed by atoms with Gasteiger partial charge in [-0.25, -0.2) is 9.07 Å². The summed E-state index contributed by atoms with van der Waals surface area (Å²) in [6.45, 7) is 8.03. The second-order valence-electron chi connectivity index (χ2n) is 8.06. The Balaban J connectivity index is 1.54. The Hall–Kier alpha value is -3.45. The summed E-state index contributed by atoms with van der Waals surface area (Å²) < 4.78 is 16.8. The quantitative estimate of drug-likeness (QED) is 0.419. The molecule has 0 aliphatic heterocycles. The number of hydrogen-bond donors (Lipinski definition) is 1. The number of nitrogens with one attached hydrogen (secondary N) is 1. The summed E-state index contributed by atoms with van der Waals surface area (Å²) in [4.78, 5) is 13.2. The highest BCUT2D eigenvalue weighted by molar-refractivity contribution is 6.31. The Kier molecular flexibility index (Phi) is 6.33. The standard InChI is InChI=1S/C25H25ClFN5O/c1-15(22-13-28-32(17(22)3)21-11-9-20(27)10-12-21)29-25(33)24-16(2)30-31(18(24)4)14-19-7-5-6-8-23(19)26/h5-13,15H,14H2,1-4H3,(H,29,33). The van der Waals surface area contributed by atoms with Crippen LogP contribution in [0.2, 0.25) is 5.02 Å². The molecule has 2 heterocycles. The monoisotopic (exact) mass is 465 g/mol. The van der Waals surface area contributed by atoms with Crippen LogP contribution in [0.15, 0.2) is 54.7 Å². The van der Waals surface area contributed by atoms with Crippen molar-refractivity contribution in [2.75, 3.05) is 0 Å². The number of rotatable bonds is 6. The molecule has 2 aromatic heterocycles. The Labute approximate surface area is 197 Å². The molecule has 0 aliphatic carbocycles. The van der Waals surface area contributed by atoms with Crippen molar-refractivity contribution >= 4 is 17.5 Å². The van der Waals surface area contributed by atoms with E-state index in [9.17, 15) is 9.18 Å². The molecule has 1 atom stereocenters. The highest BCUT2D eigenvalue weighted by atomic mass is 35.5. The fourth-order valence-electron chi connectivity index (χ4n) is 4.00. The fraction of sp³-hybridized carbons (Fsp3) is 0.240. The maximum atomic E-state index is 13.3. The van der Waals surface area contributed by atoms with Crippen molar-refractivity contribution in [1.29, 1.82) is 0 Å². The number of aromatic nitrogens is 4. The van der Waals surface area contributed by atoms with Gasteiger partial charge in [0.2, 0.25) is 0 Å². The zero-order valence-corrected chi connectivity index (χ0v) is 19.7. The lowest BCUT2D eigenvalue weighted by Crippen LogP contribution is -2.28. The number of aryl methyl sites for hydroxylation is 1. The third kappa shape index (κ3) is 4.54. The van der Waals surface area contributed by atoms with Crippen LogP contribution in [0.3, 0.4) is 0 Å². The van der Waals surface area contributed by atoms with Crippen LogP contribution in [-0.4, -0.2) is 25.5 Å². The second kappa shape index (κ2) is 9.19. The van der Waals surface area contributed by atoms with Crippen molar-refractivity contribution in [3.8, 4) is 5.69 Å². The second-order valence-corrected chi connectivity index (χ2v) is 8.47. The molecule has 0 radical (unpaired) electrons. The van der Waals surface area contributed by atoms with E-state index in [4.69, 9.17) is 11.6 Å². The van der Waals surface area contributed by atoms with Gasteiger partial charge in [0.05, 0.1) is 35.7 Å². The van der Waals surface area contributed by atoms with Crippen molar-refractivity contribution in [3.05, 3.63) is 99.3 Å². The minimum Gasteiger partial charge on any atom is -0.345 e. The molecule has 4 aromatic rings. The molecule has 0 bridgehead atoms. The lowest BCUT2D eigenvalue weighted by Gasteiger charge is -2.15. The zero-order chi connectivity index (χ0) is 23.7. The number of carbonyl (C=O) groups excluding carboxylic acids is 1. The highest BCUT2D eigenvalue weighted by Crippen LogP contribution is 2.23. The first-order chi connectivity index (χ1) is 15.8.